The Morgan fingerprint density at radius 1 is 0.844 bits per heavy atom. The van der Waals surface area contributed by atoms with Crippen molar-refractivity contribution >= 4 is 57.5 Å². The Morgan fingerprint density at radius 3 is 2.02 bits per heavy atom. The highest BCUT2D eigenvalue weighted by molar-refractivity contribution is 8.27. The summed E-state index contributed by atoms with van der Waals surface area (Å²) in [7, 11) is 3.42. The molecule has 6 rings (SSSR count). The van der Waals surface area contributed by atoms with E-state index in [0.29, 0.717) is 46.3 Å². The van der Waals surface area contributed by atoms with E-state index >= 15 is 0 Å². The van der Waals surface area contributed by atoms with Crippen LogP contribution < -0.4 is 25.8 Å². The minimum atomic E-state index is -0.428. The molecule has 0 N–H and O–H groups in total. The van der Waals surface area contributed by atoms with Gasteiger partial charge in [0, 0.05) is 51.5 Å². The number of thioether (sulfide) groups is 1. The molecular weight excluding hydrogens is 607 g/mol. The standard InChI is InChI=1S/C33H31N7O3S2/c1-21-25(29(35(3)30(41)26(21)20-34)38-17-15-37(16-18-38)23-11-7-5-8-12-23)19-27-31(42)39(33(44)45-27)28-22(2)36(4)40(32(28)43)24-13-9-6-10-14-24/h5-14,19H,15-18H2,1-4H3. The Labute approximate surface area is 270 Å². The lowest BCUT2D eigenvalue weighted by Gasteiger charge is -2.38. The fraction of sp³-hybridized carbons (Fsp3) is 0.242. The number of hydrogen-bond donors (Lipinski definition) is 0. The summed E-state index contributed by atoms with van der Waals surface area (Å²) in [5.74, 6) is 0.208. The Morgan fingerprint density at radius 2 is 1.42 bits per heavy atom. The van der Waals surface area contributed by atoms with Crippen LogP contribution in [0.2, 0.25) is 0 Å². The number of aromatic nitrogens is 3. The zero-order valence-corrected chi connectivity index (χ0v) is 27.0. The molecule has 12 heteroatoms. The van der Waals surface area contributed by atoms with E-state index < -0.39 is 5.91 Å². The van der Waals surface area contributed by atoms with Crippen molar-refractivity contribution in [1.82, 2.24) is 13.9 Å². The second kappa shape index (κ2) is 11.9. The first kappa shape index (κ1) is 30.2. The molecule has 10 nitrogen and oxygen atoms in total. The van der Waals surface area contributed by atoms with E-state index in [2.05, 4.69) is 28.0 Å². The molecule has 0 radical (unpaired) electrons. The van der Waals surface area contributed by atoms with Gasteiger partial charge in [-0.2, -0.15) is 5.26 Å². The van der Waals surface area contributed by atoms with Gasteiger partial charge in [0.15, 0.2) is 4.32 Å². The Kier molecular flexibility index (Phi) is 7.99. The average molecular weight is 638 g/mol. The molecule has 0 atom stereocenters. The SMILES string of the molecule is Cc1c(C=C2SC(=S)N(c3c(C)n(C)n(-c4ccccc4)c3=O)C2=O)c(N2CCN(c3ccccc3)CC2)n(C)c(=O)c1C#N. The van der Waals surface area contributed by atoms with Crippen LogP contribution in [-0.2, 0) is 18.9 Å². The summed E-state index contributed by atoms with van der Waals surface area (Å²) in [4.78, 5) is 47.1. The number of para-hydroxylation sites is 2. The molecule has 45 heavy (non-hydrogen) atoms. The van der Waals surface area contributed by atoms with Gasteiger partial charge in [-0.15, -0.1) is 0 Å². The number of hydrogen-bond acceptors (Lipinski definition) is 8. The van der Waals surface area contributed by atoms with Crippen LogP contribution in [0.25, 0.3) is 11.8 Å². The van der Waals surface area contributed by atoms with E-state index in [9.17, 15) is 19.6 Å². The number of pyridine rings is 1. The molecule has 0 aliphatic carbocycles. The first-order chi connectivity index (χ1) is 21.6. The average Bonchev–Trinajstić information content (AvgIpc) is 3.45. The number of carbonyl (C=O) groups excluding carboxylic acids is 1. The molecule has 0 bridgehead atoms. The summed E-state index contributed by atoms with van der Waals surface area (Å²) < 4.78 is 4.95. The number of carbonyl (C=O) groups is 1. The largest absolute Gasteiger partial charge is 0.368 e. The van der Waals surface area contributed by atoms with Gasteiger partial charge in [0.1, 0.15) is 23.1 Å². The molecule has 2 aliphatic heterocycles. The van der Waals surface area contributed by atoms with Gasteiger partial charge in [-0.05, 0) is 49.8 Å². The highest BCUT2D eigenvalue weighted by Gasteiger charge is 2.38. The van der Waals surface area contributed by atoms with Crippen LogP contribution in [0.3, 0.4) is 0 Å². The van der Waals surface area contributed by atoms with Gasteiger partial charge in [0.25, 0.3) is 17.0 Å². The van der Waals surface area contributed by atoms with Crippen LogP contribution in [0.15, 0.2) is 75.2 Å². The summed E-state index contributed by atoms with van der Waals surface area (Å²) in [5.41, 5.74) is 2.96. The number of nitriles is 1. The minimum absolute atomic E-state index is 0.0237. The van der Waals surface area contributed by atoms with E-state index in [0.717, 1.165) is 30.5 Å². The second-order valence-electron chi connectivity index (χ2n) is 11.0. The third-order valence-corrected chi connectivity index (χ3v) is 9.79. The maximum absolute atomic E-state index is 14.0. The predicted octanol–water partition coefficient (Wildman–Crippen LogP) is 4.10. The monoisotopic (exact) mass is 637 g/mol. The van der Waals surface area contributed by atoms with E-state index in [1.807, 2.05) is 48.5 Å². The molecular formula is C33H31N7O3S2. The molecule has 228 valence electrons. The van der Waals surface area contributed by atoms with Gasteiger partial charge in [0.05, 0.1) is 16.3 Å². The van der Waals surface area contributed by atoms with Crippen molar-refractivity contribution in [3.8, 4) is 11.8 Å². The number of amides is 1. The highest BCUT2D eigenvalue weighted by Crippen LogP contribution is 2.38. The van der Waals surface area contributed by atoms with Gasteiger partial charge >= 0.3 is 0 Å². The van der Waals surface area contributed by atoms with Gasteiger partial charge < -0.3 is 9.80 Å². The third kappa shape index (κ3) is 5.08. The first-order valence-corrected chi connectivity index (χ1v) is 15.7. The number of rotatable bonds is 5. The molecule has 2 aromatic carbocycles. The number of piperazine rings is 1. The van der Waals surface area contributed by atoms with Crippen LogP contribution in [0.4, 0.5) is 17.2 Å². The van der Waals surface area contributed by atoms with E-state index in [4.69, 9.17) is 12.2 Å². The molecule has 2 aromatic heterocycles. The molecule has 0 unspecified atom stereocenters. The zero-order valence-electron chi connectivity index (χ0n) is 25.4. The molecule has 2 saturated heterocycles. The fourth-order valence-electron chi connectivity index (χ4n) is 6.01. The first-order valence-electron chi connectivity index (χ1n) is 14.4. The third-order valence-electron chi connectivity index (χ3n) is 8.49. The Hall–Kier alpha value is -4.86. The van der Waals surface area contributed by atoms with Crippen molar-refractivity contribution in [1.29, 1.82) is 5.26 Å². The Bertz CT molecular complexity index is 2030. The van der Waals surface area contributed by atoms with Crippen LogP contribution in [-0.4, -0.2) is 50.3 Å². The smallest absolute Gasteiger partial charge is 0.296 e. The molecule has 1 amide bonds. The minimum Gasteiger partial charge on any atom is -0.368 e. The molecule has 2 aliphatic rings. The number of benzene rings is 2. The number of thiocarbonyl (C=S) groups is 1. The van der Waals surface area contributed by atoms with Gasteiger partial charge in [-0.1, -0.05) is 60.4 Å². The summed E-state index contributed by atoms with van der Waals surface area (Å²) in [6.45, 7) is 6.26. The second-order valence-corrected chi connectivity index (χ2v) is 12.6. The molecule has 0 spiro atoms. The number of anilines is 3. The summed E-state index contributed by atoms with van der Waals surface area (Å²) in [6.07, 6.45) is 1.71. The molecule has 4 aromatic rings. The molecule has 2 fully saturated rings. The van der Waals surface area contributed by atoms with Crippen molar-refractivity contribution < 1.29 is 4.79 Å². The van der Waals surface area contributed by atoms with Crippen molar-refractivity contribution in [3.63, 3.8) is 0 Å². The van der Waals surface area contributed by atoms with Gasteiger partial charge in [-0.3, -0.25) is 28.5 Å². The van der Waals surface area contributed by atoms with Crippen molar-refractivity contribution in [2.24, 2.45) is 14.1 Å². The van der Waals surface area contributed by atoms with Crippen molar-refractivity contribution in [2.45, 2.75) is 13.8 Å². The van der Waals surface area contributed by atoms with Crippen molar-refractivity contribution in [2.75, 3.05) is 40.9 Å². The lowest BCUT2D eigenvalue weighted by molar-refractivity contribution is -0.113. The normalized spacial score (nSPS) is 16.2. The lowest BCUT2D eigenvalue weighted by atomic mass is 10.0. The number of nitrogens with zero attached hydrogens (tertiary/aromatic N) is 7. The van der Waals surface area contributed by atoms with Crippen LogP contribution in [0.1, 0.15) is 22.4 Å². The van der Waals surface area contributed by atoms with Gasteiger partial charge in [0.2, 0.25) is 0 Å². The van der Waals surface area contributed by atoms with E-state index in [-0.39, 0.29) is 26.7 Å². The molecule has 0 saturated carbocycles. The Balaban J connectivity index is 1.40. The summed E-state index contributed by atoms with van der Waals surface area (Å²) in [5, 5.41) is 9.89. The quantitative estimate of drug-likeness (QED) is 0.238. The zero-order chi connectivity index (χ0) is 32.0. The maximum Gasteiger partial charge on any atom is 0.296 e. The van der Waals surface area contributed by atoms with Crippen LogP contribution in [0.5, 0.6) is 0 Å². The lowest BCUT2D eigenvalue weighted by Crippen LogP contribution is -2.48. The van der Waals surface area contributed by atoms with E-state index in [1.54, 1.807) is 38.7 Å². The van der Waals surface area contributed by atoms with Crippen molar-refractivity contribution in [3.05, 3.63) is 109 Å². The van der Waals surface area contributed by atoms with E-state index in [1.165, 1.54) is 14.1 Å². The van der Waals surface area contributed by atoms with Crippen LogP contribution in [0, 0.1) is 25.2 Å². The summed E-state index contributed by atoms with van der Waals surface area (Å²) in [6, 6.07) is 21.4. The maximum atomic E-state index is 14.0. The van der Waals surface area contributed by atoms with Crippen LogP contribution >= 0.6 is 24.0 Å². The summed E-state index contributed by atoms with van der Waals surface area (Å²) >= 11 is 6.77. The van der Waals surface area contributed by atoms with Gasteiger partial charge in [-0.25, -0.2) is 4.68 Å². The highest BCUT2D eigenvalue weighted by atomic mass is 32.2. The topological polar surface area (TPSA) is 99.5 Å². The predicted molar refractivity (Wildman–Crippen MR) is 183 cm³/mol. The fourth-order valence-corrected chi connectivity index (χ4v) is 7.27. The molecule has 4 heterocycles.